The Morgan fingerprint density at radius 2 is 2.11 bits per heavy atom. The predicted molar refractivity (Wildman–Crippen MR) is 96.2 cm³/mol. The summed E-state index contributed by atoms with van der Waals surface area (Å²) in [5.74, 6) is -0.784. The first-order chi connectivity index (χ1) is 13.3. The van der Waals surface area contributed by atoms with Gasteiger partial charge in [-0.05, 0) is 26.0 Å². The minimum Gasteiger partial charge on any atom is -0.320 e. The molecule has 28 heavy (non-hydrogen) atoms. The smallest absolute Gasteiger partial charge is 0.320 e. The van der Waals surface area contributed by atoms with Crippen LogP contribution in [0.4, 0.5) is 19.1 Å². The van der Waals surface area contributed by atoms with E-state index in [1.165, 1.54) is 16.9 Å². The zero-order valence-corrected chi connectivity index (χ0v) is 15.7. The van der Waals surface area contributed by atoms with Gasteiger partial charge in [-0.2, -0.15) is 28.4 Å². The molecule has 1 atom stereocenters. The molecule has 0 aliphatic carbocycles. The van der Waals surface area contributed by atoms with Crippen LogP contribution in [0.5, 0.6) is 0 Å². The lowest BCUT2D eigenvalue weighted by atomic mass is 9.93. The number of ketones is 1. The number of nitrogens with zero attached hydrogens (tertiary/aromatic N) is 5. The van der Waals surface area contributed by atoms with Gasteiger partial charge in [0.2, 0.25) is 11.7 Å². The van der Waals surface area contributed by atoms with Crippen molar-refractivity contribution in [1.82, 2.24) is 24.5 Å². The predicted octanol–water partition coefficient (Wildman–Crippen LogP) is 3.58. The lowest BCUT2D eigenvalue weighted by molar-refractivity contribution is -0.0918. The van der Waals surface area contributed by atoms with Crippen molar-refractivity contribution in [1.29, 1.82) is 0 Å². The van der Waals surface area contributed by atoms with E-state index < -0.39 is 29.3 Å². The number of allylic oxidation sites excluding steroid dienone is 2. The van der Waals surface area contributed by atoms with Gasteiger partial charge < -0.3 is 5.32 Å². The number of thiophene rings is 1. The third kappa shape index (κ3) is 3.01. The molecule has 3 aromatic rings. The molecule has 0 spiro atoms. The average molecular weight is 408 g/mol. The van der Waals surface area contributed by atoms with Gasteiger partial charge in [0.15, 0.2) is 0 Å². The number of aryl methyl sites for hydroxylation is 2. The quantitative estimate of drug-likeness (QED) is 0.668. The normalized spacial score (nSPS) is 16.8. The van der Waals surface area contributed by atoms with Crippen molar-refractivity contribution in [3.8, 4) is 0 Å². The van der Waals surface area contributed by atoms with Crippen LogP contribution in [0, 0.1) is 6.92 Å². The summed E-state index contributed by atoms with van der Waals surface area (Å²) in [6, 6.07) is 2.14. The van der Waals surface area contributed by atoms with Crippen LogP contribution in [0.3, 0.4) is 0 Å². The lowest BCUT2D eigenvalue weighted by Crippen LogP contribution is -2.34. The van der Waals surface area contributed by atoms with Gasteiger partial charge in [-0.15, -0.1) is 11.3 Å². The largest absolute Gasteiger partial charge is 0.431 e. The van der Waals surface area contributed by atoms with Crippen LogP contribution in [0.15, 0.2) is 42.1 Å². The Morgan fingerprint density at radius 1 is 1.32 bits per heavy atom. The van der Waals surface area contributed by atoms with Crippen molar-refractivity contribution in [2.45, 2.75) is 32.6 Å². The van der Waals surface area contributed by atoms with Crippen molar-refractivity contribution in [3.63, 3.8) is 0 Å². The summed E-state index contributed by atoms with van der Waals surface area (Å²) in [5, 5.41) is 10.4. The van der Waals surface area contributed by atoms with E-state index in [1.54, 1.807) is 23.9 Å². The number of rotatable bonds is 4. The molecule has 0 unspecified atom stereocenters. The third-order valence-corrected chi connectivity index (χ3v) is 5.38. The number of alkyl halides is 3. The molecule has 11 heteroatoms. The Labute approximate surface area is 161 Å². The number of hydrogen-bond donors (Lipinski definition) is 1. The first-order valence-corrected chi connectivity index (χ1v) is 9.22. The van der Waals surface area contributed by atoms with Gasteiger partial charge in [-0.25, -0.2) is 4.68 Å². The van der Waals surface area contributed by atoms with Gasteiger partial charge in [0, 0.05) is 23.2 Å². The number of fused-ring (bicyclic) bond motifs is 1. The van der Waals surface area contributed by atoms with Crippen LogP contribution >= 0.6 is 11.3 Å². The number of carbonyl (C=O) groups is 1. The van der Waals surface area contributed by atoms with E-state index in [2.05, 4.69) is 20.5 Å². The highest BCUT2D eigenvalue weighted by atomic mass is 32.1. The molecule has 7 nitrogen and oxygen atoms in total. The molecule has 1 aliphatic heterocycles. The molecule has 0 fully saturated rings. The number of carbonyl (C=O) groups excluding carboxylic acids is 1. The summed E-state index contributed by atoms with van der Waals surface area (Å²) in [6.07, 6.45) is -0.557. The monoisotopic (exact) mass is 408 g/mol. The van der Waals surface area contributed by atoms with Crippen LogP contribution in [0.25, 0.3) is 0 Å². The van der Waals surface area contributed by atoms with Crippen molar-refractivity contribution >= 4 is 23.1 Å². The van der Waals surface area contributed by atoms with Crippen molar-refractivity contribution < 1.29 is 18.0 Å². The van der Waals surface area contributed by atoms with Crippen LogP contribution in [-0.4, -0.2) is 36.5 Å². The highest BCUT2D eigenvalue weighted by Gasteiger charge is 2.46. The van der Waals surface area contributed by atoms with Crippen LogP contribution in [0.2, 0.25) is 0 Å². The molecule has 0 saturated carbocycles. The number of nitrogens with one attached hydrogen (secondary N) is 1. The number of aromatic nitrogens is 5. The average Bonchev–Trinajstić information content (AvgIpc) is 3.38. The van der Waals surface area contributed by atoms with Crippen molar-refractivity contribution in [2.75, 3.05) is 5.32 Å². The second-order valence-electron chi connectivity index (χ2n) is 6.21. The Kier molecular flexibility index (Phi) is 4.33. The minimum absolute atomic E-state index is 0.0829. The molecular weight excluding hydrogens is 393 g/mol. The molecule has 0 bridgehead atoms. The van der Waals surface area contributed by atoms with Gasteiger partial charge >= 0.3 is 6.18 Å². The fraction of sp³-hybridized carbons (Fsp3) is 0.294. The molecule has 0 amide bonds. The summed E-state index contributed by atoms with van der Waals surface area (Å²) in [6.45, 7) is 4.19. The van der Waals surface area contributed by atoms with Gasteiger partial charge in [0.25, 0.3) is 0 Å². The summed E-state index contributed by atoms with van der Waals surface area (Å²) >= 11 is 1.15. The van der Waals surface area contributed by atoms with Gasteiger partial charge in [0.05, 0.1) is 16.6 Å². The number of anilines is 1. The van der Waals surface area contributed by atoms with Crippen LogP contribution < -0.4 is 5.32 Å². The molecule has 0 saturated heterocycles. The SMILES string of the molecule is CCn1cc([C@@H]2C(C(=O)c3ccc(C)s3)=C(C(F)(F)F)Nc3ncnn32)cn1. The third-order valence-electron chi connectivity index (χ3n) is 4.38. The van der Waals surface area contributed by atoms with E-state index in [-0.39, 0.29) is 10.8 Å². The Hall–Kier alpha value is -2.95. The Morgan fingerprint density at radius 3 is 2.71 bits per heavy atom. The van der Waals surface area contributed by atoms with Gasteiger partial charge in [-0.3, -0.25) is 9.48 Å². The van der Waals surface area contributed by atoms with Crippen LogP contribution in [0.1, 0.15) is 33.1 Å². The molecule has 1 aliphatic rings. The maximum Gasteiger partial charge on any atom is 0.431 e. The summed E-state index contributed by atoms with van der Waals surface area (Å²) in [7, 11) is 0. The molecule has 146 valence electrons. The molecular formula is C17H15F3N6OS. The van der Waals surface area contributed by atoms with Crippen molar-refractivity contribution in [2.24, 2.45) is 0 Å². The van der Waals surface area contributed by atoms with E-state index in [4.69, 9.17) is 0 Å². The molecule has 0 radical (unpaired) electrons. The lowest BCUT2D eigenvalue weighted by Gasteiger charge is -2.29. The van der Waals surface area contributed by atoms with E-state index in [1.807, 2.05) is 6.92 Å². The van der Waals surface area contributed by atoms with Gasteiger partial charge in [0.1, 0.15) is 18.1 Å². The maximum atomic E-state index is 13.9. The molecule has 1 N–H and O–H groups in total. The topological polar surface area (TPSA) is 77.6 Å². The summed E-state index contributed by atoms with van der Waals surface area (Å²) < 4.78 is 44.5. The molecule has 0 aromatic carbocycles. The zero-order chi connectivity index (χ0) is 20.1. The second-order valence-corrected chi connectivity index (χ2v) is 7.50. The Bertz CT molecular complexity index is 1080. The first kappa shape index (κ1) is 18.4. The highest BCUT2D eigenvalue weighted by molar-refractivity contribution is 7.14. The number of halogens is 3. The fourth-order valence-corrected chi connectivity index (χ4v) is 3.94. The first-order valence-electron chi connectivity index (χ1n) is 8.41. The standard InChI is InChI=1S/C17H15F3N6OS/c1-3-25-7-10(6-22-25)13-12(14(27)11-5-4-9(2)28-11)15(17(18,19)20)24-16-21-8-23-26(13)16/h4-8,13H,3H2,1-2H3,(H,21,23,24)/t13-/m1/s1. The second kappa shape index (κ2) is 6.59. The molecule has 4 rings (SSSR count). The number of Topliss-reactive ketones (excluding diaryl/α,β-unsaturated/α-hetero) is 1. The highest BCUT2D eigenvalue weighted by Crippen LogP contribution is 2.42. The summed E-state index contributed by atoms with van der Waals surface area (Å²) in [5.41, 5.74) is -1.13. The van der Waals surface area contributed by atoms with E-state index in [0.717, 1.165) is 22.5 Å². The fourth-order valence-electron chi connectivity index (χ4n) is 3.12. The summed E-state index contributed by atoms with van der Waals surface area (Å²) in [4.78, 5) is 18.1. The van der Waals surface area contributed by atoms with E-state index in [9.17, 15) is 18.0 Å². The number of hydrogen-bond acceptors (Lipinski definition) is 6. The minimum atomic E-state index is -4.77. The van der Waals surface area contributed by atoms with Crippen molar-refractivity contribution in [3.05, 3.63) is 57.4 Å². The zero-order valence-electron chi connectivity index (χ0n) is 14.9. The molecule has 3 aromatic heterocycles. The maximum absolute atomic E-state index is 13.9. The van der Waals surface area contributed by atoms with E-state index in [0.29, 0.717) is 12.1 Å². The Balaban J connectivity index is 1.95. The van der Waals surface area contributed by atoms with Gasteiger partial charge in [-0.1, -0.05) is 0 Å². The van der Waals surface area contributed by atoms with E-state index >= 15 is 0 Å². The molecule has 4 heterocycles. The van der Waals surface area contributed by atoms with Crippen LogP contribution in [-0.2, 0) is 6.54 Å².